The third-order valence-corrected chi connectivity index (χ3v) is 4.67. The number of nitrogens with one attached hydrogen (secondary N) is 2. The average Bonchev–Trinajstić information content (AvgIpc) is 2.62. The lowest BCUT2D eigenvalue weighted by molar-refractivity contribution is 0.0182. The van der Waals surface area contributed by atoms with Gasteiger partial charge in [-0.05, 0) is 51.5 Å². The summed E-state index contributed by atoms with van der Waals surface area (Å²) in [5, 5.41) is 6.78. The van der Waals surface area contributed by atoms with Gasteiger partial charge in [-0.15, -0.1) is 0 Å². The predicted octanol–water partition coefficient (Wildman–Crippen LogP) is 2.08. The molecule has 0 saturated carbocycles. The highest BCUT2D eigenvalue weighted by Crippen LogP contribution is 2.37. The van der Waals surface area contributed by atoms with Gasteiger partial charge in [0.05, 0.1) is 11.7 Å². The van der Waals surface area contributed by atoms with E-state index in [-0.39, 0.29) is 18.2 Å². The van der Waals surface area contributed by atoms with Crippen molar-refractivity contribution < 1.29 is 19.0 Å². The summed E-state index contributed by atoms with van der Waals surface area (Å²) in [4.78, 5) is 14.0. The summed E-state index contributed by atoms with van der Waals surface area (Å²) >= 11 is 5.46. The Morgan fingerprint density at radius 3 is 2.82 bits per heavy atom. The molecular weight excluding hydrogens is 380 g/mol. The van der Waals surface area contributed by atoms with Gasteiger partial charge in [0.15, 0.2) is 16.6 Å². The van der Waals surface area contributed by atoms with E-state index in [1.807, 2.05) is 39.0 Å². The minimum Gasteiger partial charge on any atom is -0.486 e. The number of thiocarbonyl (C=S) groups is 1. The smallest absolute Gasteiger partial charge is 0.410 e. The molecule has 8 nitrogen and oxygen atoms in total. The van der Waals surface area contributed by atoms with E-state index < -0.39 is 5.60 Å². The first-order valence-electron chi connectivity index (χ1n) is 9.42. The van der Waals surface area contributed by atoms with Crippen LogP contribution < -0.4 is 25.8 Å². The standard InChI is InChI=1S/C19H28N4O4S/c1-19(2,3)27-18(24)23-8-7-12(20)14(11-23)22-17(28)21-13-5-4-6-15-16(13)26-10-9-25-15/h4-6,12,14H,7-11,20H2,1-3H3,(H2,21,22,28). The number of carbonyl (C=O) groups is 1. The first kappa shape index (κ1) is 20.5. The largest absolute Gasteiger partial charge is 0.486 e. The van der Waals surface area contributed by atoms with Gasteiger partial charge in [-0.3, -0.25) is 0 Å². The van der Waals surface area contributed by atoms with Crippen molar-refractivity contribution in [2.45, 2.75) is 44.9 Å². The van der Waals surface area contributed by atoms with Crippen LogP contribution in [0.2, 0.25) is 0 Å². The summed E-state index contributed by atoms with van der Waals surface area (Å²) in [6.45, 7) is 7.54. The first-order chi connectivity index (χ1) is 13.2. The van der Waals surface area contributed by atoms with Crippen LogP contribution >= 0.6 is 12.2 Å². The second kappa shape index (κ2) is 8.40. The summed E-state index contributed by atoms with van der Waals surface area (Å²) in [5.74, 6) is 1.32. The molecule has 0 bridgehead atoms. The van der Waals surface area contributed by atoms with Crippen LogP contribution in [-0.2, 0) is 4.74 Å². The number of nitrogens with zero attached hydrogens (tertiary/aromatic N) is 1. The lowest BCUT2D eigenvalue weighted by atomic mass is 10.0. The van der Waals surface area contributed by atoms with Crippen LogP contribution in [-0.4, -0.2) is 60.1 Å². The molecule has 0 radical (unpaired) electrons. The number of amides is 1. The zero-order chi connectivity index (χ0) is 20.3. The van der Waals surface area contributed by atoms with E-state index in [9.17, 15) is 4.79 Å². The maximum atomic E-state index is 12.4. The SMILES string of the molecule is CC(C)(C)OC(=O)N1CCC(N)C(NC(=S)Nc2cccc3c2OCCO3)C1. The molecule has 28 heavy (non-hydrogen) atoms. The van der Waals surface area contributed by atoms with Crippen LogP contribution in [0, 0.1) is 0 Å². The van der Waals surface area contributed by atoms with Gasteiger partial charge in [-0.2, -0.15) is 0 Å². The van der Waals surface area contributed by atoms with E-state index in [4.69, 9.17) is 32.2 Å². The zero-order valence-electron chi connectivity index (χ0n) is 16.5. The highest BCUT2D eigenvalue weighted by atomic mass is 32.1. The minimum atomic E-state index is -0.537. The van der Waals surface area contributed by atoms with Gasteiger partial charge in [0, 0.05) is 19.1 Å². The Kier molecular flexibility index (Phi) is 6.14. The van der Waals surface area contributed by atoms with Gasteiger partial charge in [0.25, 0.3) is 0 Å². The molecule has 2 aliphatic rings. The van der Waals surface area contributed by atoms with Gasteiger partial charge in [-0.1, -0.05) is 6.07 Å². The summed E-state index contributed by atoms with van der Waals surface area (Å²) < 4.78 is 16.7. The summed E-state index contributed by atoms with van der Waals surface area (Å²) in [6.07, 6.45) is 0.324. The molecule has 1 saturated heterocycles. The fourth-order valence-corrected chi connectivity index (χ4v) is 3.38. The van der Waals surface area contributed by atoms with Crippen molar-refractivity contribution in [1.82, 2.24) is 10.2 Å². The van der Waals surface area contributed by atoms with Crippen LogP contribution in [0.1, 0.15) is 27.2 Å². The van der Waals surface area contributed by atoms with Crippen molar-refractivity contribution in [1.29, 1.82) is 0 Å². The molecule has 0 spiro atoms. The van der Waals surface area contributed by atoms with Gasteiger partial charge >= 0.3 is 6.09 Å². The van der Waals surface area contributed by atoms with Gasteiger partial charge in [-0.25, -0.2) is 4.79 Å². The van der Waals surface area contributed by atoms with Crippen LogP contribution in [0.5, 0.6) is 11.5 Å². The molecule has 4 N–H and O–H groups in total. The highest BCUT2D eigenvalue weighted by Gasteiger charge is 2.32. The molecule has 2 aliphatic heterocycles. The molecule has 1 aromatic rings. The normalized spacial score (nSPS) is 21.6. The lowest BCUT2D eigenvalue weighted by Crippen LogP contribution is -2.60. The number of fused-ring (bicyclic) bond motifs is 1. The van der Waals surface area contributed by atoms with Gasteiger partial charge in [0.2, 0.25) is 0 Å². The van der Waals surface area contributed by atoms with Crippen molar-refractivity contribution >= 4 is 29.1 Å². The van der Waals surface area contributed by atoms with Crippen LogP contribution in [0.3, 0.4) is 0 Å². The topological polar surface area (TPSA) is 98.1 Å². The Morgan fingerprint density at radius 2 is 2.07 bits per heavy atom. The molecule has 1 fully saturated rings. The predicted molar refractivity (Wildman–Crippen MR) is 111 cm³/mol. The van der Waals surface area contributed by atoms with E-state index in [2.05, 4.69) is 10.6 Å². The lowest BCUT2D eigenvalue weighted by Gasteiger charge is -2.38. The second-order valence-electron chi connectivity index (χ2n) is 7.91. The van der Waals surface area contributed by atoms with Gasteiger partial charge < -0.3 is 35.5 Å². The third kappa shape index (κ3) is 5.17. The van der Waals surface area contributed by atoms with E-state index in [0.717, 1.165) is 5.69 Å². The number of hydrogen-bond acceptors (Lipinski definition) is 6. The Hall–Kier alpha value is -2.26. The number of carbonyl (C=O) groups excluding carboxylic acids is 1. The molecule has 154 valence electrons. The number of para-hydroxylation sites is 1. The summed E-state index contributed by atoms with van der Waals surface area (Å²) in [5.41, 5.74) is 6.44. The molecule has 0 aromatic heterocycles. The van der Waals surface area contributed by atoms with Crippen LogP contribution in [0.4, 0.5) is 10.5 Å². The van der Waals surface area contributed by atoms with E-state index >= 15 is 0 Å². The number of piperidine rings is 1. The Bertz CT molecular complexity index is 737. The molecule has 1 amide bonds. The number of likely N-dealkylation sites (tertiary alicyclic amines) is 1. The number of anilines is 1. The molecule has 2 unspecified atom stereocenters. The zero-order valence-corrected chi connectivity index (χ0v) is 17.3. The molecule has 1 aromatic carbocycles. The van der Waals surface area contributed by atoms with Crippen LogP contribution in [0.25, 0.3) is 0 Å². The maximum absolute atomic E-state index is 12.4. The fraction of sp³-hybridized carbons (Fsp3) is 0.579. The Labute approximate surface area is 170 Å². The molecule has 3 rings (SSSR count). The summed E-state index contributed by atoms with van der Waals surface area (Å²) in [7, 11) is 0. The van der Waals surface area contributed by atoms with Gasteiger partial charge in [0.1, 0.15) is 18.8 Å². The van der Waals surface area contributed by atoms with Crippen molar-refractivity contribution in [3.63, 3.8) is 0 Å². The minimum absolute atomic E-state index is 0.122. The average molecular weight is 409 g/mol. The monoisotopic (exact) mass is 408 g/mol. The van der Waals surface area contributed by atoms with Crippen molar-refractivity contribution in [3.8, 4) is 11.5 Å². The molecule has 9 heteroatoms. The number of benzene rings is 1. The van der Waals surface area contributed by atoms with E-state index in [0.29, 0.717) is 49.3 Å². The first-order valence-corrected chi connectivity index (χ1v) is 9.83. The van der Waals surface area contributed by atoms with E-state index in [1.54, 1.807) is 4.90 Å². The number of ether oxygens (including phenoxy) is 3. The quantitative estimate of drug-likeness (QED) is 0.640. The third-order valence-electron chi connectivity index (χ3n) is 4.45. The second-order valence-corrected chi connectivity index (χ2v) is 8.32. The van der Waals surface area contributed by atoms with Crippen molar-refractivity contribution in [2.24, 2.45) is 5.73 Å². The maximum Gasteiger partial charge on any atom is 0.410 e. The van der Waals surface area contributed by atoms with Crippen molar-refractivity contribution in [2.75, 3.05) is 31.6 Å². The Morgan fingerprint density at radius 1 is 1.32 bits per heavy atom. The fourth-order valence-electron chi connectivity index (χ4n) is 3.11. The molecule has 2 heterocycles. The molecule has 0 aliphatic carbocycles. The highest BCUT2D eigenvalue weighted by molar-refractivity contribution is 7.80. The molecular formula is C19H28N4O4S. The summed E-state index contributed by atoms with van der Waals surface area (Å²) in [6, 6.07) is 5.29. The number of nitrogens with two attached hydrogens (primary N) is 1. The number of hydrogen-bond donors (Lipinski definition) is 3. The number of rotatable bonds is 2. The van der Waals surface area contributed by atoms with E-state index in [1.165, 1.54) is 0 Å². The van der Waals surface area contributed by atoms with Crippen LogP contribution in [0.15, 0.2) is 18.2 Å². The van der Waals surface area contributed by atoms with Crippen molar-refractivity contribution in [3.05, 3.63) is 18.2 Å². The molecule has 2 atom stereocenters. The Balaban J connectivity index is 1.60.